The second-order valence-electron chi connectivity index (χ2n) is 12.0. The average molecular weight is 599 g/mol. The molecule has 2 bridgehead atoms. The van der Waals surface area contributed by atoms with Crippen molar-refractivity contribution in [1.29, 1.82) is 0 Å². The Labute approximate surface area is 255 Å². The molecule has 10 heteroatoms. The monoisotopic (exact) mass is 598 g/mol. The van der Waals surface area contributed by atoms with Gasteiger partial charge in [-0.15, -0.1) is 0 Å². The third-order valence-electron chi connectivity index (χ3n) is 8.70. The molecule has 2 aliphatic heterocycles. The Morgan fingerprint density at radius 3 is 2.59 bits per heavy atom. The van der Waals surface area contributed by atoms with E-state index in [2.05, 4.69) is 30.7 Å². The van der Waals surface area contributed by atoms with Gasteiger partial charge in [-0.05, 0) is 68.0 Å². The number of aryl methyl sites for hydroxylation is 1. The van der Waals surface area contributed by atoms with Gasteiger partial charge in [-0.3, -0.25) is 4.79 Å². The van der Waals surface area contributed by atoms with Gasteiger partial charge in [0.25, 0.3) is 0 Å². The van der Waals surface area contributed by atoms with Crippen LogP contribution >= 0.6 is 0 Å². The van der Waals surface area contributed by atoms with Crippen molar-refractivity contribution in [2.75, 3.05) is 29.9 Å². The van der Waals surface area contributed by atoms with E-state index in [4.69, 9.17) is 4.98 Å². The van der Waals surface area contributed by atoms with E-state index in [1.165, 1.54) is 22.8 Å². The first kappa shape index (κ1) is 29.5. The van der Waals surface area contributed by atoms with E-state index in [-0.39, 0.29) is 46.6 Å². The molecule has 1 saturated heterocycles. The third kappa shape index (κ3) is 4.92. The van der Waals surface area contributed by atoms with E-state index in [0.717, 1.165) is 11.1 Å². The number of anilines is 2. The normalized spacial score (nSPS) is 18.3. The quantitative estimate of drug-likeness (QED) is 0.300. The summed E-state index contributed by atoms with van der Waals surface area (Å²) in [5.41, 5.74) is 2.46. The summed E-state index contributed by atoms with van der Waals surface area (Å²) < 4.78 is 33.1. The number of nitrogens with zero attached hydrogens (tertiary/aromatic N) is 5. The highest BCUT2D eigenvalue weighted by Gasteiger charge is 2.34. The van der Waals surface area contributed by atoms with Crippen LogP contribution in [0.4, 0.5) is 20.3 Å². The summed E-state index contributed by atoms with van der Waals surface area (Å²) >= 11 is 0. The number of hydrogen-bond donors (Lipinski definition) is 1. The molecule has 1 amide bonds. The molecule has 6 rings (SSSR count). The topological polar surface area (TPSA) is 83.4 Å². The van der Waals surface area contributed by atoms with Crippen molar-refractivity contribution in [3.63, 3.8) is 0 Å². The fourth-order valence-electron chi connectivity index (χ4n) is 6.51. The van der Waals surface area contributed by atoms with Gasteiger partial charge in [-0.2, -0.15) is 4.98 Å². The van der Waals surface area contributed by atoms with Crippen molar-refractivity contribution in [3.8, 4) is 16.9 Å². The molecule has 0 aliphatic carbocycles. The fraction of sp³-hybridized carbons (Fsp3) is 0.353. The maximum atomic E-state index is 16.2. The van der Waals surface area contributed by atoms with Gasteiger partial charge in [0.05, 0.1) is 16.6 Å². The lowest BCUT2D eigenvalue weighted by Crippen LogP contribution is -2.58. The Morgan fingerprint density at radius 2 is 1.84 bits per heavy atom. The summed E-state index contributed by atoms with van der Waals surface area (Å²) in [5.74, 6) is -1.17. The number of pyridine rings is 1. The zero-order valence-corrected chi connectivity index (χ0v) is 25.4. The highest BCUT2D eigenvalue weighted by atomic mass is 19.1. The Bertz CT molecular complexity index is 1850. The van der Waals surface area contributed by atoms with Crippen molar-refractivity contribution in [1.82, 2.24) is 19.4 Å². The van der Waals surface area contributed by atoms with Crippen LogP contribution in [0.3, 0.4) is 0 Å². The zero-order valence-electron chi connectivity index (χ0n) is 25.4. The second-order valence-corrected chi connectivity index (χ2v) is 12.0. The summed E-state index contributed by atoms with van der Waals surface area (Å²) in [7, 11) is 0. The Morgan fingerprint density at radius 1 is 1.07 bits per heavy atom. The number of aromatic nitrogens is 3. The van der Waals surface area contributed by atoms with Crippen molar-refractivity contribution in [2.24, 2.45) is 0 Å². The third-order valence-corrected chi connectivity index (χ3v) is 8.70. The van der Waals surface area contributed by atoms with Gasteiger partial charge in [0.15, 0.2) is 11.5 Å². The number of amides is 1. The fourth-order valence-corrected chi connectivity index (χ4v) is 6.51. The summed E-state index contributed by atoms with van der Waals surface area (Å²) in [6.45, 7) is 12.8. The predicted molar refractivity (Wildman–Crippen MR) is 170 cm³/mol. The van der Waals surface area contributed by atoms with E-state index in [1.54, 1.807) is 17.0 Å². The summed E-state index contributed by atoms with van der Waals surface area (Å²) in [6.07, 6.45) is 2.63. The van der Waals surface area contributed by atoms with Gasteiger partial charge < -0.3 is 15.1 Å². The van der Waals surface area contributed by atoms with E-state index in [1.807, 2.05) is 36.9 Å². The van der Waals surface area contributed by atoms with Gasteiger partial charge in [-0.1, -0.05) is 44.7 Å². The molecule has 8 nitrogen and oxygen atoms in total. The number of para-hydroxylation sites is 1. The minimum absolute atomic E-state index is 0.0146. The Hall–Kier alpha value is -4.60. The minimum Gasteiger partial charge on any atom is -0.384 e. The van der Waals surface area contributed by atoms with Crippen LogP contribution in [0.15, 0.2) is 59.9 Å². The number of hydrogen-bond acceptors (Lipinski definition) is 6. The molecule has 0 unspecified atom stereocenters. The second kappa shape index (κ2) is 11.5. The van der Waals surface area contributed by atoms with Crippen LogP contribution in [0, 0.1) is 11.6 Å². The molecule has 228 valence electrons. The van der Waals surface area contributed by atoms with Crippen LogP contribution in [0.2, 0.25) is 0 Å². The molecule has 2 aromatic carbocycles. The number of piperazine rings is 1. The van der Waals surface area contributed by atoms with E-state index >= 15 is 8.78 Å². The largest absolute Gasteiger partial charge is 0.384 e. The van der Waals surface area contributed by atoms with E-state index in [0.29, 0.717) is 49.2 Å². The van der Waals surface area contributed by atoms with Crippen LogP contribution in [0.1, 0.15) is 51.2 Å². The smallest absolute Gasteiger partial charge is 0.355 e. The van der Waals surface area contributed by atoms with Crippen molar-refractivity contribution in [2.45, 2.75) is 58.5 Å². The maximum Gasteiger partial charge on any atom is 0.355 e. The van der Waals surface area contributed by atoms with E-state index in [9.17, 15) is 9.59 Å². The molecule has 2 atom stereocenters. The number of benzene rings is 2. The highest BCUT2D eigenvalue weighted by molar-refractivity contribution is 5.92. The molecule has 2 aliphatic rings. The first-order valence-electron chi connectivity index (χ1n) is 15.1. The molecule has 0 spiro atoms. The van der Waals surface area contributed by atoms with Crippen LogP contribution in [-0.4, -0.2) is 57.1 Å². The minimum atomic E-state index is -0.727. The van der Waals surface area contributed by atoms with Gasteiger partial charge in [0.2, 0.25) is 5.91 Å². The molecular weight excluding hydrogens is 562 g/mol. The molecule has 2 aromatic heterocycles. The lowest BCUT2D eigenvalue weighted by molar-refractivity contribution is -0.128. The molecule has 4 heterocycles. The molecule has 1 fully saturated rings. The van der Waals surface area contributed by atoms with Crippen LogP contribution in [0.5, 0.6) is 0 Å². The molecule has 44 heavy (non-hydrogen) atoms. The van der Waals surface area contributed by atoms with Crippen molar-refractivity contribution in [3.05, 3.63) is 88.4 Å². The molecule has 0 saturated carbocycles. The predicted octanol–water partition coefficient (Wildman–Crippen LogP) is 5.82. The summed E-state index contributed by atoms with van der Waals surface area (Å²) in [4.78, 5) is 39.8. The lowest BCUT2D eigenvalue weighted by Gasteiger charge is -2.44. The number of carbonyl (C=O) groups excluding carboxylic acids is 1. The number of nitrogens with one attached hydrogen (secondary N) is 1. The molecule has 4 aromatic rings. The van der Waals surface area contributed by atoms with Crippen LogP contribution in [-0.2, 0) is 11.2 Å². The van der Waals surface area contributed by atoms with Crippen molar-refractivity contribution < 1.29 is 13.6 Å². The SMILES string of the molecule is C=CC(=O)N1C[C@H](C)N(c2nc(=O)n3c4nc(c(F)cc24)-c2c(F)cccc2NCCCc2cccc(C(C)C)c2-3)C[C@H]1C. The number of fused-ring (bicyclic) bond motifs is 5. The van der Waals surface area contributed by atoms with E-state index < -0.39 is 17.3 Å². The van der Waals surface area contributed by atoms with Crippen LogP contribution in [0.25, 0.3) is 28.0 Å². The summed E-state index contributed by atoms with van der Waals surface area (Å²) in [6, 6.07) is 11.4. The average Bonchev–Trinajstić information content (AvgIpc) is 2.99. The Kier molecular flexibility index (Phi) is 7.69. The molecular formula is C34H36F2N6O2. The van der Waals surface area contributed by atoms with Gasteiger partial charge in [0.1, 0.15) is 17.3 Å². The molecule has 0 radical (unpaired) electrons. The first-order valence-corrected chi connectivity index (χ1v) is 15.1. The molecule has 1 N–H and O–H groups in total. The van der Waals surface area contributed by atoms with Gasteiger partial charge >= 0.3 is 5.69 Å². The van der Waals surface area contributed by atoms with Gasteiger partial charge in [-0.25, -0.2) is 23.1 Å². The van der Waals surface area contributed by atoms with Crippen molar-refractivity contribution >= 4 is 28.4 Å². The zero-order chi connectivity index (χ0) is 31.3. The first-order chi connectivity index (χ1) is 21.1. The summed E-state index contributed by atoms with van der Waals surface area (Å²) in [5, 5.41) is 3.61. The maximum absolute atomic E-state index is 16.2. The van der Waals surface area contributed by atoms with Gasteiger partial charge in [0, 0.05) is 37.4 Å². The number of carbonyl (C=O) groups is 1. The Balaban J connectivity index is 1.69. The highest BCUT2D eigenvalue weighted by Crippen LogP contribution is 2.37. The van der Waals surface area contributed by atoms with Crippen LogP contribution < -0.4 is 15.9 Å². The standard InChI is InChI=1S/C34H36F2N6O2/c1-6-28(43)40-17-21(5)41(18-20(40)4)32-24-16-26(36)30-29-25(35)13-8-14-27(29)37-15-9-11-22-10-7-12-23(19(2)3)31(22)42(33(24)38-30)34(44)39-32/h6-8,10,12-14,16,19-21,37H,1,9,11,15,17-18H2,2-5H3/t20-,21+/m1/s1. The number of halogens is 2. The lowest BCUT2D eigenvalue weighted by atomic mass is 9.95. The number of rotatable bonds is 3.